The first-order valence-electron chi connectivity index (χ1n) is 6.88. The first kappa shape index (κ1) is 15.7. The minimum absolute atomic E-state index is 0.214. The average molecular weight is 301 g/mol. The Balaban J connectivity index is 2.08. The van der Waals surface area contributed by atoms with Gasteiger partial charge in [0.2, 0.25) is 5.91 Å². The lowest BCUT2D eigenvalue weighted by molar-refractivity contribution is -0.117. The Morgan fingerprint density at radius 2 is 2.09 bits per heavy atom. The van der Waals surface area contributed by atoms with E-state index in [1.807, 2.05) is 25.1 Å². The van der Waals surface area contributed by atoms with Gasteiger partial charge >= 0.3 is 0 Å². The predicted molar refractivity (Wildman–Crippen MR) is 83.8 cm³/mol. The lowest BCUT2D eigenvalue weighted by Crippen LogP contribution is -2.25. The number of amides is 1. The van der Waals surface area contributed by atoms with Crippen molar-refractivity contribution in [3.8, 4) is 11.5 Å². The van der Waals surface area contributed by atoms with Crippen LogP contribution in [0.3, 0.4) is 0 Å². The third kappa shape index (κ3) is 3.91. The van der Waals surface area contributed by atoms with E-state index in [0.717, 1.165) is 5.56 Å². The Labute approximate surface area is 129 Å². The van der Waals surface area contributed by atoms with Crippen LogP contribution in [0.5, 0.6) is 11.5 Å². The average Bonchev–Trinajstić information content (AvgIpc) is 3.05. The van der Waals surface area contributed by atoms with Crippen LogP contribution < -0.4 is 14.8 Å². The largest absolute Gasteiger partial charge is 0.497 e. The van der Waals surface area contributed by atoms with E-state index in [9.17, 15) is 4.79 Å². The molecule has 0 saturated heterocycles. The second-order valence-corrected chi connectivity index (χ2v) is 4.69. The molecule has 0 radical (unpaired) electrons. The fourth-order valence-electron chi connectivity index (χ4n) is 2.06. The van der Waals surface area contributed by atoms with E-state index in [2.05, 4.69) is 5.32 Å². The van der Waals surface area contributed by atoms with E-state index in [1.165, 1.54) is 6.08 Å². The molecule has 0 fully saturated rings. The highest BCUT2D eigenvalue weighted by atomic mass is 16.5. The standard InChI is InChI=1S/C17H19NO4/c1-12(15-11-14(20-2)6-8-16(15)21-3)18-17(19)9-7-13-5-4-10-22-13/h4-12H,1-3H3,(H,18,19)/b9-7+/t12-/m1/s1. The maximum absolute atomic E-state index is 12.0. The van der Waals surface area contributed by atoms with Crippen LogP contribution in [0.15, 0.2) is 47.1 Å². The minimum atomic E-state index is -0.223. The summed E-state index contributed by atoms with van der Waals surface area (Å²) in [5, 5.41) is 2.88. The molecule has 2 aromatic rings. The van der Waals surface area contributed by atoms with Gasteiger partial charge in [-0.1, -0.05) is 0 Å². The van der Waals surface area contributed by atoms with E-state index in [4.69, 9.17) is 13.9 Å². The number of carbonyl (C=O) groups is 1. The highest BCUT2D eigenvalue weighted by molar-refractivity contribution is 5.91. The molecule has 22 heavy (non-hydrogen) atoms. The van der Waals surface area contributed by atoms with Crippen LogP contribution in [-0.2, 0) is 4.79 Å². The van der Waals surface area contributed by atoms with Gasteiger partial charge in [-0.2, -0.15) is 0 Å². The minimum Gasteiger partial charge on any atom is -0.497 e. The van der Waals surface area contributed by atoms with Gasteiger partial charge in [-0.3, -0.25) is 4.79 Å². The van der Waals surface area contributed by atoms with Crippen LogP contribution in [0.2, 0.25) is 0 Å². The Kier molecular flexibility index (Phi) is 5.25. The summed E-state index contributed by atoms with van der Waals surface area (Å²) >= 11 is 0. The smallest absolute Gasteiger partial charge is 0.244 e. The first-order chi connectivity index (χ1) is 10.6. The Morgan fingerprint density at radius 1 is 1.27 bits per heavy atom. The van der Waals surface area contributed by atoms with Crippen LogP contribution in [0.1, 0.15) is 24.3 Å². The number of methoxy groups -OCH3 is 2. The molecule has 0 aliphatic heterocycles. The number of hydrogen-bond donors (Lipinski definition) is 1. The van der Waals surface area contributed by atoms with Crippen LogP contribution in [0, 0.1) is 0 Å². The summed E-state index contributed by atoms with van der Waals surface area (Å²) in [6.07, 6.45) is 4.61. The number of furan rings is 1. The summed E-state index contributed by atoms with van der Waals surface area (Å²) in [5.74, 6) is 1.82. The van der Waals surface area contributed by atoms with Gasteiger partial charge in [0.05, 0.1) is 26.5 Å². The zero-order chi connectivity index (χ0) is 15.9. The van der Waals surface area contributed by atoms with Gasteiger partial charge in [-0.05, 0) is 43.3 Å². The summed E-state index contributed by atoms with van der Waals surface area (Å²) in [5.41, 5.74) is 0.849. The summed E-state index contributed by atoms with van der Waals surface area (Å²) in [6, 6.07) is 8.79. The van der Waals surface area contributed by atoms with Gasteiger partial charge in [0.1, 0.15) is 17.3 Å². The maximum atomic E-state index is 12.0. The zero-order valence-electron chi connectivity index (χ0n) is 12.8. The molecular formula is C17H19NO4. The molecule has 5 heteroatoms. The van der Waals surface area contributed by atoms with E-state index < -0.39 is 0 Å². The molecule has 0 saturated carbocycles. The van der Waals surface area contributed by atoms with Gasteiger partial charge < -0.3 is 19.2 Å². The van der Waals surface area contributed by atoms with Crippen LogP contribution in [0.4, 0.5) is 0 Å². The van der Waals surface area contributed by atoms with Crippen molar-refractivity contribution in [2.45, 2.75) is 13.0 Å². The SMILES string of the molecule is COc1ccc(OC)c([C@@H](C)NC(=O)/C=C/c2ccco2)c1. The molecule has 1 atom stereocenters. The zero-order valence-corrected chi connectivity index (χ0v) is 12.8. The molecule has 0 unspecified atom stereocenters. The van der Waals surface area contributed by atoms with E-state index in [-0.39, 0.29) is 11.9 Å². The number of benzene rings is 1. The number of hydrogen-bond acceptors (Lipinski definition) is 4. The molecule has 1 aromatic heterocycles. The summed E-state index contributed by atoms with van der Waals surface area (Å²) in [7, 11) is 3.19. The quantitative estimate of drug-likeness (QED) is 0.832. The molecular weight excluding hydrogens is 282 g/mol. The maximum Gasteiger partial charge on any atom is 0.244 e. The molecule has 1 N–H and O–H groups in total. The number of carbonyl (C=O) groups excluding carboxylic acids is 1. The molecule has 0 aliphatic rings. The predicted octanol–water partition coefficient (Wildman–Crippen LogP) is 3.19. The fraction of sp³-hybridized carbons (Fsp3) is 0.235. The highest BCUT2D eigenvalue weighted by Gasteiger charge is 2.14. The Hall–Kier alpha value is -2.69. The Bertz CT molecular complexity index is 647. The summed E-state index contributed by atoms with van der Waals surface area (Å²) < 4.78 is 15.7. The molecule has 1 amide bonds. The lowest BCUT2D eigenvalue weighted by atomic mass is 10.1. The van der Waals surface area contributed by atoms with Crippen molar-refractivity contribution in [3.63, 3.8) is 0 Å². The van der Waals surface area contributed by atoms with Gasteiger partial charge in [0.25, 0.3) is 0 Å². The van der Waals surface area contributed by atoms with Crippen molar-refractivity contribution in [2.24, 2.45) is 0 Å². The van der Waals surface area contributed by atoms with Crippen molar-refractivity contribution in [1.29, 1.82) is 0 Å². The first-order valence-corrected chi connectivity index (χ1v) is 6.88. The van der Waals surface area contributed by atoms with E-state index >= 15 is 0 Å². The van der Waals surface area contributed by atoms with Gasteiger partial charge in [0, 0.05) is 11.6 Å². The molecule has 1 heterocycles. The molecule has 0 bridgehead atoms. The Morgan fingerprint density at radius 3 is 2.73 bits per heavy atom. The molecule has 2 rings (SSSR count). The lowest BCUT2D eigenvalue weighted by Gasteiger charge is -2.17. The number of ether oxygens (including phenoxy) is 2. The number of nitrogens with one attached hydrogen (secondary N) is 1. The topological polar surface area (TPSA) is 60.7 Å². The van der Waals surface area contributed by atoms with Gasteiger partial charge in [0.15, 0.2) is 0 Å². The molecule has 1 aromatic carbocycles. The van der Waals surface area contributed by atoms with E-state index in [1.54, 1.807) is 38.7 Å². The van der Waals surface area contributed by atoms with Crippen LogP contribution in [-0.4, -0.2) is 20.1 Å². The summed E-state index contributed by atoms with van der Waals surface area (Å²) in [6.45, 7) is 1.88. The molecule has 5 nitrogen and oxygen atoms in total. The second-order valence-electron chi connectivity index (χ2n) is 4.69. The van der Waals surface area contributed by atoms with Crippen molar-refractivity contribution in [1.82, 2.24) is 5.32 Å². The number of rotatable bonds is 6. The van der Waals surface area contributed by atoms with Gasteiger partial charge in [-0.25, -0.2) is 0 Å². The normalized spacial score (nSPS) is 12.1. The third-order valence-corrected chi connectivity index (χ3v) is 3.20. The van der Waals surface area contributed by atoms with Crippen LogP contribution >= 0.6 is 0 Å². The van der Waals surface area contributed by atoms with Crippen LogP contribution in [0.25, 0.3) is 6.08 Å². The third-order valence-electron chi connectivity index (χ3n) is 3.20. The fourth-order valence-corrected chi connectivity index (χ4v) is 2.06. The summed E-state index contributed by atoms with van der Waals surface area (Å²) in [4.78, 5) is 12.0. The monoisotopic (exact) mass is 301 g/mol. The highest BCUT2D eigenvalue weighted by Crippen LogP contribution is 2.29. The van der Waals surface area contributed by atoms with Crippen molar-refractivity contribution >= 4 is 12.0 Å². The molecule has 0 aliphatic carbocycles. The van der Waals surface area contributed by atoms with Crippen molar-refractivity contribution < 1.29 is 18.7 Å². The van der Waals surface area contributed by atoms with Crippen molar-refractivity contribution in [3.05, 3.63) is 54.0 Å². The molecule has 116 valence electrons. The van der Waals surface area contributed by atoms with Gasteiger partial charge in [-0.15, -0.1) is 0 Å². The second kappa shape index (κ2) is 7.36. The molecule has 0 spiro atoms. The van der Waals surface area contributed by atoms with E-state index in [0.29, 0.717) is 17.3 Å². The van der Waals surface area contributed by atoms with Crippen molar-refractivity contribution in [2.75, 3.05) is 14.2 Å².